The molecule has 7 heteroatoms. The van der Waals surface area contributed by atoms with Crippen LogP contribution in [0.3, 0.4) is 0 Å². The van der Waals surface area contributed by atoms with E-state index in [0.29, 0.717) is 27.9 Å². The van der Waals surface area contributed by atoms with Gasteiger partial charge in [-0.25, -0.2) is 9.78 Å². The van der Waals surface area contributed by atoms with Crippen LogP contribution in [0.1, 0.15) is 0 Å². The van der Waals surface area contributed by atoms with Gasteiger partial charge in [-0.3, -0.25) is 4.79 Å². The number of amides is 1. The fraction of sp³-hybridized carbons (Fsp3) is 0.0455. The van der Waals surface area contributed by atoms with Gasteiger partial charge in [-0.2, -0.15) is 0 Å². The molecule has 0 aliphatic heterocycles. The summed E-state index contributed by atoms with van der Waals surface area (Å²) in [4.78, 5) is 28.8. The van der Waals surface area contributed by atoms with Crippen LogP contribution in [0.4, 0.5) is 5.69 Å². The maximum Gasteiger partial charge on any atom is 0.347 e. The van der Waals surface area contributed by atoms with E-state index in [4.69, 9.17) is 9.15 Å². The summed E-state index contributed by atoms with van der Waals surface area (Å²) in [6.45, 7) is -0.117. The van der Waals surface area contributed by atoms with Crippen molar-refractivity contribution in [3.05, 3.63) is 86.8 Å². The van der Waals surface area contributed by atoms with Crippen LogP contribution in [0.25, 0.3) is 22.4 Å². The molecule has 1 aromatic heterocycles. The Morgan fingerprint density at radius 2 is 1.83 bits per heavy atom. The van der Waals surface area contributed by atoms with E-state index >= 15 is 0 Å². The molecule has 0 bridgehead atoms. The molecule has 1 amide bonds. The van der Waals surface area contributed by atoms with Gasteiger partial charge in [0.15, 0.2) is 6.61 Å². The topological polar surface area (TPSA) is 81.4 Å². The fourth-order valence-electron chi connectivity index (χ4n) is 2.75. The summed E-state index contributed by atoms with van der Waals surface area (Å²) in [5.74, 6) is 0.519. The first kappa shape index (κ1) is 19.1. The van der Waals surface area contributed by atoms with Crippen LogP contribution in [-0.4, -0.2) is 17.5 Å². The first-order valence-electron chi connectivity index (χ1n) is 8.77. The second-order valence-corrected chi connectivity index (χ2v) is 7.44. The van der Waals surface area contributed by atoms with E-state index in [1.54, 1.807) is 42.5 Å². The Morgan fingerprint density at radius 1 is 1.03 bits per heavy atom. The van der Waals surface area contributed by atoms with Gasteiger partial charge in [-0.05, 0) is 77.2 Å². The summed E-state index contributed by atoms with van der Waals surface area (Å²) in [5.41, 5.74) is 1.24. The van der Waals surface area contributed by atoms with Gasteiger partial charge in [-0.15, -0.1) is 0 Å². The normalized spacial score (nSPS) is 10.7. The van der Waals surface area contributed by atoms with Crippen molar-refractivity contribution in [1.29, 1.82) is 0 Å². The van der Waals surface area contributed by atoms with E-state index in [0.717, 1.165) is 3.57 Å². The molecular weight excluding hydrogens is 483 g/mol. The fourth-order valence-corrected chi connectivity index (χ4v) is 3.11. The molecule has 0 saturated carbocycles. The lowest BCUT2D eigenvalue weighted by Crippen LogP contribution is -2.20. The number of halogens is 1. The zero-order valence-corrected chi connectivity index (χ0v) is 17.3. The second-order valence-electron chi connectivity index (χ2n) is 6.20. The number of benzene rings is 3. The number of ether oxygens (including phenoxy) is 1. The Labute approximate surface area is 179 Å². The lowest BCUT2D eigenvalue weighted by molar-refractivity contribution is -0.118. The number of carbonyl (C=O) groups excluding carboxylic acids is 1. The largest absolute Gasteiger partial charge is 0.484 e. The monoisotopic (exact) mass is 498 g/mol. The van der Waals surface area contributed by atoms with Gasteiger partial charge >= 0.3 is 5.63 Å². The van der Waals surface area contributed by atoms with Crippen molar-refractivity contribution in [1.82, 2.24) is 4.98 Å². The molecule has 0 fully saturated rings. The zero-order chi connectivity index (χ0) is 20.2. The maximum absolute atomic E-state index is 12.2. The molecule has 3 aromatic carbocycles. The molecule has 6 nitrogen and oxygen atoms in total. The zero-order valence-electron chi connectivity index (χ0n) is 15.1. The molecule has 0 spiro atoms. The molecule has 144 valence electrons. The van der Waals surface area contributed by atoms with E-state index in [1.165, 1.54) is 0 Å². The predicted octanol–water partition coefficient (Wildman–Crippen LogP) is 4.48. The Bertz CT molecular complexity index is 1240. The number of rotatable bonds is 5. The highest BCUT2D eigenvalue weighted by atomic mass is 127. The summed E-state index contributed by atoms with van der Waals surface area (Å²) < 4.78 is 11.9. The molecule has 0 unspecified atom stereocenters. The molecule has 1 N–H and O–H groups in total. The maximum atomic E-state index is 12.2. The van der Waals surface area contributed by atoms with Crippen molar-refractivity contribution in [2.45, 2.75) is 0 Å². The minimum absolute atomic E-state index is 0.117. The molecule has 29 heavy (non-hydrogen) atoms. The summed E-state index contributed by atoms with van der Waals surface area (Å²) in [5, 5.41) is 3.20. The van der Waals surface area contributed by atoms with Gasteiger partial charge < -0.3 is 14.5 Å². The summed E-state index contributed by atoms with van der Waals surface area (Å²) in [7, 11) is 0. The van der Waals surface area contributed by atoms with Gasteiger partial charge in [0, 0.05) is 14.8 Å². The highest BCUT2D eigenvalue weighted by Gasteiger charge is 2.10. The molecule has 4 rings (SSSR count). The molecule has 4 aromatic rings. The third-order valence-electron chi connectivity index (χ3n) is 4.11. The standard InChI is InChI=1S/C22H15IN2O4/c23-15-8-10-17(11-9-15)28-13-20(26)24-16-5-3-4-14(12-16)21-25-19-7-2-1-6-18(19)22(27)29-21/h1-12H,13H2,(H,24,26). The predicted molar refractivity (Wildman–Crippen MR) is 119 cm³/mol. The summed E-state index contributed by atoms with van der Waals surface area (Å²) >= 11 is 2.20. The van der Waals surface area contributed by atoms with Crippen LogP contribution < -0.4 is 15.7 Å². The molecule has 0 saturated heterocycles. The lowest BCUT2D eigenvalue weighted by Gasteiger charge is -2.09. The third-order valence-corrected chi connectivity index (χ3v) is 4.83. The number of carbonyl (C=O) groups is 1. The van der Waals surface area contributed by atoms with Crippen LogP contribution in [0.5, 0.6) is 5.75 Å². The number of anilines is 1. The van der Waals surface area contributed by atoms with E-state index < -0.39 is 5.63 Å². The Morgan fingerprint density at radius 3 is 2.66 bits per heavy atom. The first-order chi connectivity index (χ1) is 14.1. The summed E-state index contributed by atoms with van der Waals surface area (Å²) in [6, 6.07) is 21.4. The Balaban J connectivity index is 1.49. The van der Waals surface area contributed by atoms with Gasteiger partial charge in [0.2, 0.25) is 5.89 Å². The van der Waals surface area contributed by atoms with Crippen LogP contribution in [0.15, 0.2) is 82.0 Å². The highest BCUT2D eigenvalue weighted by molar-refractivity contribution is 14.1. The van der Waals surface area contributed by atoms with Gasteiger partial charge in [-0.1, -0.05) is 18.2 Å². The van der Waals surface area contributed by atoms with Crippen molar-refractivity contribution >= 4 is 45.1 Å². The minimum Gasteiger partial charge on any atom is -0.484 e. The Kier molecular flexibility index (Phi) is 5.57. The minimum atomic E-state index is -0.453. The van der Waals surface area contributed by atoms with Gasteiger partial charge in [0.1, 0.15) is 5.75 Å². The van der Waals surface area contributed by atoms with Gasteiger partial charge in [0.05, 0.1) is 10.9 Å². The van der Waals surface area contributed by atoms with Crippen molar-refractivity contribution in [3.8, 4) is 17.2 Å². The number of fused-ring (bicyclic) bond motifs is 1. The number of nitrogens with one attached hydrogen (secondary N) is 1. The van der Waals surface area contributed by atoms with Crippen LogP contribution in [0, 0.1) is 3.57 Å². The van der Waals surface area contributed by atoms with Crippen molar-refractivity contribution in [3.63, 3.8) is 0 Å². The van der Waals surface area contributed by atoms with Crippen molar-refractivity contribution in [2.24, 2.45) is 0 Å². The van der Waals surface area contributed by atoms with E-state index in [9.17, 15) is 9.59 Å². The quantitative estimate of drug-likeness (QED) is 0.411. The van der Waals surface area contributed by atoms with Crippen molar-refractivity contribution in [2.75, 3.05) is 11.9 Å². The molecule has 0 aliphatic carbocycles. The van der Waals surface area contributed by atoms with Crippen LogP contribution >= 0.6 is 22.6 Å². The smallest absolute Gasteiger partial charge is 0.347 e. The van der Waals surface area contributed by atoms with E-state index in [1.807, 2.05) is 30.3 Å². The molecule has 1 heterocycles. The number of para-hydroxylation sites is 1. The van der Waals surface area contributed by atoms with E-state index in [2.05, 4.69) is 32.9 Å². The van der Waals surface area contributed by atoms with Crippen LogP contribution in [0.2, 0.25) is 0 Å². The first-order valence-corrected chi connectivity index (χ1v) is 9.85. The SMILES string of the molecule is O=C(COc1ccc(I)cc1)Nc1cccc(-c2nc3ccccc3c(=O)o2)c1. The Hall–Kier alpha value is -3.20. The molecular formula is C22H15IN2O4. The molecule has 0 aliphatic rings. The lowest BCUT2D eigenvalue weighted by atomic mass is 10.2. The van der Waals surface area contributed by atoms with Crippen molar-refractivity contribution < 1.29 is 13.9 Å². The van der Waals surface area contributed by atoms with Gasteiger partial charge in [0.25, 0.3) is 5.91 Å². The molecule has 0 atom stereocenters. The average Bonchev–Trinajstić information content (AvgIpc) is 2.73. The number of hydrogen-bond acceptors (Lipinski definition) is 5. The number of nitrogens with zero attached hydrogens (tertiary/aromatic N) is 1. The van der Waals surface area contributed by atoms with E-state index in [-0.39, 0.29) is 18.4 Å². The second kappa shape index (κ2) is 8.44. The third kappa shape index (κ3) is 4.62. The average molecular weight is 498 g/mol. The summed E-state index contributed by atoms with van der Waals surface area (Å²) in [6.07, 6.45) is 0. The number of hydrogen-bond donors (Lipinski definition) is 1. The van der Waals surface area contributed by atoms with Crippen LogP contribution in [-0.2, 0) is 4.79 Å². The highest BCUT2D eigenvalue weighted by Crippen LogP contribution is 2.22. The number of aromatic nitrogens is 1. The molecule has 0 radical (unpaired) electrons.